The number of ether oxygens (including phenoxy) is 1. The molecule has 0 radical (unpaired) electrons. The van der Waals surface area contributed by atoms with Gasteiger partial charge in [-0.25, -0.2) is 18.6 Å². The number of imidazole rings is 1. The minimum atomic E-state index is -0.745. The first kappa shape index (κ1) is 14.0. The standard InChI is InChI=1S/C13H13F2N3O2/c1-3-20-13(19)11-12(16)18(7(2)17-11)10-5-8(14)4-9(15)6-10/h4-6H,3,16H2,1-2H3. The van der Waals surface area contributed by atoms with Crippen molar-refractivity contribution in [3.63, 3.8) is 0 Å². The molecule has 7 heteroatoms. The molecule has 5 nitrogen and oxygen atoms in total. The summed E-state index contributed by atoms with van der Waals surface area (Å²) in [7, 11) is 0. The fourth-order valence-electron chi connectivity index (χ4n) is 1.89. The highest BCUT2D eigenvalue weighted by atomic mass is 19.1. The van der Waals surface area contributed by atoms with Gasteiger partial charge in [0.15, 0.2) is 5.69 Å². The van der Waals surface area contributed by atoms with E-state index in [4.69, 9.17) is 10.5 Å². The number of hydrogen-bond donors (Lipinski definition) is 1. The van der Waals surface area contributed by atoms with Crippen molar-refractivity contribution in [3.8, 4) is 5.69 Å². The highest BCUT2D eigenvalue weighted by molar-refractivity contribution is 5.92. The van der Waals surface area contributed by atoms with Crippen LogP contribution in [-0.2, 0) is 4.74 Å². The van der Waals surface area contributed by atoms with E-state index >= 15 is 0 Å². The van der Waals surface area contributed by atoms with Crippen molar-refractivity contribution in [2.24, 2.45) is 0 Å². The summed E-state index contributed by atoms with van der Waals surface area (Å²) in [5.74, 6) is -1.86. The van der Waals surface area contributed by atoms with Gasteiger partial charge >= 0.3 is 5.97 Å². The molecule has 2 rings (SSSR count). The van der Waals surface area contributed by atoms with Crippen molar-refractivity contribution >= 4 is 11.8 Å². The lowest BCUT2D eigenvalue weighted by atomic mass is 10.3. The molecule has 0 aliphatic rings. The van der Waals surface area contributed by atoms with Crippen molar-refractivity contribution in [1.82, 2.24) is 9.55 Å². The van der Waals surface area contributed by atoms with Crippen LogP contribution in [0.15, 0.2) is 18.2 Å². The maximum absolute atomic E-state index is 13.3. The van der Waals surface area contributed by atoms with E-state index in [2.05, 4.69) is 4.98 Å². The van der Waals surface area contributed by atoms with Gasteiger partial charge in [-0.3, -0.25) is 4.57 Å². The smallest absolute Gasteiger partial charge is 0.360 e. The first-order valence-electron chi connectivity index (χ1n) is 5.92. The lowest BCUT2D eigenvalue weighted by molar-refractivity contribution is 0.0521. The molecule has 1 heterocycles. The molecule has 0 saturated carbocycles. The fraction of sp³-hybridized carbons (Fsp3) is 0.231. The molecule has 1 aromatic heterocycles. The molecule has 0 aliphatic carbocycles. The molecule has 0 atom stereocenters. The van der Waals surface area contributed by atoms with E-state index in [0.29, 0.717) is 5.82 Å². The highest BCUT2D eigenvalue weighted by Gasteiger charge is 2.21. The van der Waals surface area contributed by atoms with Crippen molar-refractivity contribution in [2.45, 2.75) is 13.8 Å². The second-order valence-corrected chi connectivity index (χ2v) is 4.08. The van der Waals surface area contributed by atoms with E-state index in [-0.39, 0.29) is 23.8 Å². The van der Waals surface area contributed by atoms with Crippen molar-refractivity contribution in [1.29, 1.82) is 0 Å². The zero-order valence-corrected chi connectivity index (χ0v) is 11.0. The second kappa shape index (κ2) is 5.28. The number of carbonyl (C=O) groups excluding carboxylic acids is 1. The number of nitrogens with zero attached hydrogens (tertiary/aromatic N) is 2. The van der Waals surface area contributed by atoms with Crippen LogP contribution in [0.1, 0.15) is 23.2 Å². The van der Waals surface area contributed by atoms with Crippen molar-refractivity contribution < 1.29 is 18.3 Å². The Balaban J connectivity index is 2.55. The summed E-state index contributed by atoms with van der Waals surface area (Å²) in [4.78, 5) is 15.7. The Morgan fingerprint density at radius 1 is 1.35 bits per heavy atom. The Hall–Kier alpha value is -2.44. The Morgan fingerprint density at radius 2 is 1.95 bits per heavy atom. The van der Waals surface area contributed by atoms with Crippen LogP contribution in [0.25, 0.3) is 5.69 Å². The Labute approximate surface area is 114 Å². The zero-order chi connectivity index (χ0) is 14.9. The first-order valence-corrected chi connectivity index (χ1v) is 5.92. The van der Waals surface area contributed by atoms with Crippen LogP contribution >= 0.6 is 0 Å². The van der Waals surface area contributed by atoms with Crippen LogP contribution in [0.3, 0.4) is 0 Å². The molecule has 0 bridgehead atoms. The second-order valence-electron chi connectivity index (χ2n) is 4.08. The summed E-state index contributed by atoms with van der Waals surface area (Å²) in [5, 5.41) is 0. The van der Waals surface area contributed by atoms with Gasteiger partial charge in [0, 0.05) is 6.07 Å². The lowest BCUT2D eigenvalue weighted by Gasteiger charge is -2.08. The highest BCUT2D eigenvalue weighted by Crippen LogP contribution is 2.22. The summed E-state index contributed by atoms with van der Waals surface area (Å²) in [6.07, 6.45) is 0. The quantitative estimate of drug-likeness (QED) is 0.876. The normalized spacial score (nSPS) is 10.6. The lowest BCUT2D eigenvalue weighted by Crippen LogP contribution is -2.09. The van der Waals surface area contributed by atoms with Gasteiger partial charge in [0.1, 0.15) is 23.3 Å². The maximum Gasteiger partial charge on any atom is 0.360 e. The van der Waals surface area contributed by atoms with E-state index < -0.39 is 17.6 Å². The minimum absolute atomic E-state index is 0.0223. The van der Waals surface area contributed by atoms with E-state index in [9.17, 15) is 13.6 Å². The summed E-state index contributed by atoms with van der Waals surface area (Å²) < 4.78 is 32.6. The van der Waals surface area contributed by atoms with E-state index in [1.165, 1.54) is 4.57 Å². The molecule has 0 saturated heterocycles. The molecule has 2 aromatic rings. The van der Waals surface area contributed by atoms with Crippen molar-refractivity contribution in [3.05, 3.63) is 41.4 Å². The number of aryl methyl sites for hydroxylation is 1. The number of halogens is 2. The number of benzene rings is 1. The molecule has 0 unspecified atom stereocenters. The molecule has 0 fully saturated rings. The fourth-order valence-corrected chi connectivity index (χ4v) is 1.89. The Bertz CT molecular complexity index is 648. The monoisotopic (exact) mass is 281 g/mol. The van der Waals surface area contributed by atoms with Crippen LogP contribution in [0.5, 0.6) is 0 Å². The van der Waals surface area contributed by atoms with Crippen LogP contribution < -0.4 is 5.73 Å². The third-order valence-corrected chi connectivity index (χ3v) is 2.66. The average Bonchev–Trinajstić information content (AvgIpc) is 2.64. The number of anilines is 1. The average molecular weight is 281 g/mol. The predicted molar refractivity (Wildman–Crippen MR) is 68.6 cm³/mol. The Morgan fingerprint density at radius 3 is 2.50 bits per heavy atom. The zero-order valence-electron chi connectivity index (χ0n) is 11.0. The first-order chi connectivity index (χ1) is 9.43. The van der Waals surface area contributed by atoms with Gasteiger partial charge in [-0.2, -0.15) is 0 Å². The maximum atomic E-state index is 13.3. The topological polar surface area (TPSA) is 70.1 Å². The number of hydrogen-bond acceptors (Lipinski definition) is 4. The van der Waals surface area contributed by atoms with Crippen LogP contribution in [0.4, 0.5) is 14.6 Å². The van der Waals surface area contributed by atoms with Crippen molar-refractivity contribution in [2.75, 3.05) is 12.3 Å². The Kier molecular flexibility index (Phi) is 3.69. The third kappa shape index (κ3) is 2.47. The molecular weight excluding hydrogens is 268 g/mol. The largest absolute Gasteiger partial charge is 0.461 e. The van der Waals surface area contributed by atoms with Gasteiger partial charge in [-0.15, -0.1) is 0 Å². The number of carbonyl (C=O) groups is 1. The molecule has 2 N–H and O–H groups in total. The van der Waals surface area contributed by atoms with Gasteiger partial charge < -0.3 is 10.5 Å². The van der Waals surface area contributed by atoms with Gasteiger partial charge in [-0.1, -0.05) is 0 Å². The number of nitrogens with two attached hydrogens (primary N) is 1. The van der Waals surface area contributed by atoms with E-state index in [1.54, 1.807) is 13.8 Å². The molecule has 106 valence electrons. The van der Waals surface area contributed by atoms with E-state index in [1.807, 2.05) is 0 Å². The van der Waals surface area contributed by atoms with Gasteiger partial charge in [-0.05, 0) is 26.0 Å². The third-order valence-electron chi connectivity index (χ3n) is 2.66. The molecule has 0 amide bonds. The van der Waals surface area contributed by atoms with Crippen LogP contribution in [0, 0.1) is 18.6 Å². The number of rotatable bonds is 3. The van der Waals surface area contributed by atoms with Gasteiger partial charge in [0.25, 0.3) is 0 Å². The van der Waals surface area contributed by atoms with Gasteiger partial charge in [0.05, 0.1) is 12.3 Å². The molecule has 1 aromatic carbocycles. The van der Waals surface area contributed by atoms with Crippen LogP contribution in [-0.4, -0.2) is 22.1 Å². The summed E-state index contributed by atoms with van der Waals surface area (Å²) in [6.45, 7) is 3.40. The van der Waals surface area contributed by atoms with Gasteiger partial charge in [0.2, 0.25) is 0 Å². The number of aromatic nitrogens is 2. The van der Waals surface area contributed by atoms with E-state index in [0.717, 1.165) is 18.2 Å². The number of esters is 1. The molecule has 0 aliphatic heterocycles. The predicted octanol–water partition coefficient (Wildman–Crippen LogP) is 2.22. The van der Waals surface area contributed by atoms with Crippen LogP contribution in [0.2, 0.25) is 0 Å². The summed E-state index contributed by atoms with van der Waals surface area (Å²) in [5.41, 5.74) is 5.90. The summed E-state index contributed by atoms with van der Waals surface area (Å²) in [6, 6.07) is 2.95. The molecular formula is C13H13F2N3O2. The molecule has 20 heavy (non-hydrogen) atoms. The minimum Gasteiger partial charge on any atom is -0.461 e. The summed E-state index contributed by atoms with van der Waals surface area (Å²) >= 11 is 0. The number of nitrogen functional groups attached to an aromatic ring is 1. The molecule has 0 spiro atoms. The SMILES string of the molecule is CCOC(=O)c1nc(C)n(-c2cc(F)cc(F)c2)c1N.